The number of amides is 2. The average molecular weight is 556 g/mol. The molecule has 3 aromatic carbocycles. The summed E-state index contributed by atoms with van der Waals surface area (Å²) in [5.41, 5.74) is 0.996. The fraction of sp³-hybridized carbons (Fsp3) is 0.286. The predicted molar refractivity (Wildman–Crippen MR) is 148 cm³/mol. The van der Waals surface area contributed by atoms with Gasteiger partial charge in [-0.25, -0.2) is 8.42 Å². The summed E-state index contributed by atoms with van der Waals surface area (Å²) in [6.07, 6.45) is 2.98. The van der Waals surface area contributed by atoms with Crippen molar-refractivity contribution in [3.05, 3.63) is 83.4 Å². The Hall–Kier alpha value is -3.56. The molecule has 0 unspecified atom stereocenters. The Bertz CT molecular complexity index is 1370. The van der Waals surface area contributed by atoms with Crippen LogP contribution in [0.3, 0.4) is 0 Å². The molecule has 0 spiro atoms. The van der Waals surface area contributed by atoms with Crippen molar-refractivity contribution < 1.29 is 22.7 Å². The minimum Gasteiger partial charge on any atom is -0.494 e. The molecule has 0 bridgehead atoms. The predicted octanol–water partition coefficient (Wildman–Crippen LogP) is 5.20. The van der Waals surface area contributed by atoms with E-state index in [-0.39, 0.29) is 16.5 Å². The van der Waals surface area contributed by atoms with E-state index in [9.17, 15) is 18.0 Å². The number of hydrogen-bond donors (Lipinski definition) is 1. The Labute approximate surface area is 228 Å². The monoisotopic (exact) mass is 555 g/mol. The molecule has 0 atom stereocenters. The quantitative estimate of drug-likeness (QED) is 0.391. The average Bonchev–Trinajstić information content (AvgIpc) is 2.93. The van der Waals surface area contributed by atoms with Crippen LogP contribution in [0.1, 0.15) is 36.5 Å². The van der Waals surface area contributed by atoms with Gasteiger partial charge in [0.1, 0.15) is 12.3 Å². The number of carbonyl (C=O) groups excluding carboxylic acids is 2. The minimum absolute atomic E-state index is 0.00994. The number of rotatable bonds is 9. The number of likely N-dealkylation sites (tertiary alicyclic amines) is 1. The van der Waals surface area contributed by atoms with Crippen LogP contribution in [0.15, 0.2) is 77.7 Å². The fourth-order valence-electron chi connectivity index (χ4n) is 4.29. The molecule has 38 heavy (non-hydrogen) atoms. The third kappa shape index (κ3) is 6.46. The Morgan fingerprint density at radius 3 is 2.26 bits per heavy atom. The molecule has 8 nitrogen and oxygen atoms in total. The number of nitrogens with one attached hydrogen (secondary N) is 1. The lowest BCUT2D eigenvalue weighted by Crippen LogP contribution is -2.39. The SMILES string of the molecule is CCOc1ccc(N(CC(=O)Nc2ccccc2C(=O)N2CCCCC2)S(=O)(=O)c2ccc(Cl)cc2)cc1. The van der Waals surface area contributed by atoms with E-state index in [2.05, 4.69) is 5.32 Å². The van der Waals surface area contributed by atoms with Gasteiger partial charge in [-0.3, -0.25) is 13.9 Å². The molecule has 1 saturated heterocycles. The highest BCUT2D eigenvalue weighted by Gasteiger charge is 2.28. The second-order valence-corrected chi connectivity index (χ2v) is 11.1. The van der Waals surface area contributed by atoms with Gasteiger partial charge in [0.25, 0.3) is 15.9 Å². The van der Waals surface area contributed by atoms with Crippen LogP contribution in [0.4, 0.5) is 11.4 Å². The number of nitrogens with zero attached hydrogens (tertiary/aromatic N) is 2. The number of carbonyl (C=O) groups is 2. The van der Waals surface area contributed by atoms with E-state index in [0.29, 0.717) is 41.7 Å². The van der Waals surface area contributed by atoms with Gasteiger partial charge in [0.05, 0.1) is 28.4 Å². The van der Waals surface area contributed by atoms with E-state index in [1.54, 1.807) is 53.4 Å². The number of anilines is 2. The van der Waals surface area contributed by atoms with Crippen molar-refractivity contribution in [1.82, 2.24) is 4.90 Å². The summed E-state index contributed by atoms with van der Waals surface area (Å²) in [7, 11) is -4.13. The highest BCUT2D eigenvalue weighted by molar-refractivity contribution is 7.92. The van der Waals surface area contributed by atoms with Crippen molar-refractivity contribution in [2.45, 2.75) is 31.1 Å². The maximum absolute atomic E-state index is 13.6. The molecule has 1 aliphatic rings. The van der Waals surface area contributed by atoms with Gasteiger partial charge in [-0.1, -0.05) is 23.7 Å². The molecule has 1 aliphatic heterocycles. The molecule has 1 heterocycles. The first-order valence-corrected chi connectivity index (χ1v) is 14.3. The molecule has 4 rings (SSSR count). The summed E-state index contributed by atoms with van der Waals surface area (Å²) in [4.78, 5) is 28.2. The summed E-state index contributed by atoms with van der Waals surface area (Å²) in [6.45, 7) is 3.15. The van der Waals surface area contributed by atoms with E-state index in [1.165, 1.54) is 24.3 Å². The second-order valence-electron chi connectivity index (χ2n) is 8.84. The van der Waals surface area contributed by atoms with Gasteiger partial charge in [-0.05, 0) is 86.8 Å². The number of para-hydroxylation sites is 1. The summed E-state index contributed by atoms with van der Waals surface area (Å²) in [5, 5.41) is 3.15. The lowest BCUT2D eigenvalue weighted by molar-refractivity contribution is -0.114. The zero-order valence-corrected chi connectivity index (χ0v) is 22.7. The molecular formula is C28H30ClN3O5S. The molecule has 2 amide bonds. The molecule has 3 aromatic rings. The van der Waals surface area contributed by atoms with Crippen LogP contribution in [-0.4, -0.2) is 51.4 Å². The van der Waals surface area contributed by atoms with Gasteiger partial charge in [-0.15, -0.1) is 0 Å². The van der Waals surface area contributed by atoms with Gasteiger partial charge in [0.2, 0.25) is 5.91 Å². The normalized spacial score (nSPS) is 13.6. The zero-order valence-electron chi connectivity index (χ0n) is 21.1. The Morgan fingerprint density at radius 1 is 0.947 bits per heavy atom. The Morgan fingerprint density at radius 2 is 1.61 bits per heavy atom. The largest absolute Gasteiger partial charge is 0.494 e. The number of ether oxygens (including phenoxy) is 1. The number of sulfonamides is 1. The lowest BCUT2D eigenvalue weighted by Gasteiger charge is -2.28. The number of piperidine rings is 1. The molecule has 0 radical (unpaired) electrons. The van der Waals surface area contributed by atoms with E-state index >= 15 is 0 Å². The summed E-state index contributed by atoms with van der Waals surface area (Å²) < 4.78 is 33.8. The van der Waals surface area contributed by atoms with Crippen molar-refractivity contribution in [1.29, 1.82) is 0 Å². The minimum atomic E-state index is -4.13. The van der Waals surface area contributed by atoms with Gasteiger partial charge in [0, 0.05) is 18.1 Å². The van der Waals surface area contributed by atoms with Crippen LogP contribution in [-0.2, 0) is 14.8 Å². The molecule has 0 saturated carbocycles. The van der Waals surface area contributed by atoms with E-state index < -0.39 is 22.5 Å². The maximum atomic E-state index is 13.6. The van der Waals surface area contributed by atoms with Crippen molar-refractivity contribution in [2.24, 2.45) is 0 Å². The molecule has 0 aromatic heterocycles. The van der Waals surface area contributed by atoms with E-state index in [4.69, 9.17) is 16.3 Å². The van der Waals surface area contributed by atoms with Gasteiger partial charge in [0.15, 0.2) is 0 Å². The zero-order chi connectivity index (χ0) is 27.1. The first-order valence-electron chi connectivity index (χ1n) is 12.5. The van der Waals surface area contributed by atoms with E-state index in [1.807, 2.05) is 6.92 Å². The standard InChI is InChI=1S/C28H30ClN3O5S/c1-2-37-23-14-12-22(13-15-23)32(38(35,36)24-16-10-21(29)11-17-24)20-27(33)30-26-9-5-4-8-25(26)28(34)31-18-6-3-7-19-31/h4-5,8-17H,2-3,6-7,18-20H2,1H3,(H,30,33). The van der Waals surface area contributed by atoms with Gasteiger partial charge < -0.3 is 15.0 Å². The number of hydrogen-bond acceptors (Lipinski definition) is 5. The summed E-state index contributed by atoms with van der Waals surface area (Å²) >= 11 is 5.96. The Balaban J connectivity index is 1.61. The highest BCUT2D eigenvalue weighted by Crippen LogP contribution is 2.27. The topological polar surface area (TPSA) is 96.0 Å². The third-order valence-electron chi connectivity index (χ3n) is 6.20. The molecule has 10 heteroatoms. The maximum Gasteiger partial charge on any atom is 0.264 e. The van der Waals surface area contributed by atoms with Crippen LogP contribution in [0.2, 0.25) is 5.02 Å². The summed E-state index contributed by atoms with van der Waals surface area (Å²) in [5.74, 6) is -0.164. The van der Waals surface area contributed by atoms with E-state index in [0.717, 1.165) is 23.6 Å². The summed E-state index contributed by atoms with van der Waals surface area (Å²) in [6, 6.07) is 19.0. The lowest BCUT2D eigenvalue weighted by atomic mass is 10.1. The van der Waals surface area contributed by atoms with Crippen molar-refractivity contribution in [3.8, 4) is 5.75 Å². The number of halogens is 1. The second kappa shape index (κ2) is 12.3. The smallest absolute Gasteiger partial charge is 0.264 e. The molecular weight excluding hydrogens is 526 g/mol. The van der Waals surface area contributed by atoms with Gasteiger partial charge in [-0.2, -0.15) is 0 Å². The van der Waals surface area contributed by atoms with Crippen molar-refractivity contribution in [2.75, 3.05) is 35.9 Å². The highest BCUT2D eigenvalue weighted by atomic mass is 35.5. The molecule has 200 valence electrons. The van der Waals surface area contributed by atoms with Crippen LogP contribution >= 0.6 is 11.6 Å². The van der Waals surface area contributed by atoms with Crippen LogP contribution in [0, 0.1) is 0 Å². The molecule has 1 N–H and O–H groups in total. The first-order chi connectivity index (χ1) is 18.3. The van der Waals surface area contributed by atoms with Gasteiger partial charge >= 0.3 is 0 Å². The fourth-order valence-corrected chi connectivity index (χ4v) is 5.84. The number of benzene rings is 3. The Kier molecular flexibility index (Phi) is 8.91. The van der Waals surface area contributed by atoms with Crippen LogP contribution in [0.25, 0.3) is 0 Å². The molecule has 0 aliphatic carbocycles. The first kappa shape index (κ1) is 27.5. The van der Waals surface area contributed by atoms with Crippen molar-refractivity contribution in [3.63, 3.8) is 0 Å². The van der Waals surface area contributed by atoms with Crippen LogP contribution in [0.5, 0.6) is 5.75 Å². The third-order valence-corrected chi connectivity index (χ3v) is 8.24. The van der Waals surface area contributed by atoms with Crippen LogP contribution < -0.4 is 14.4 Å². The van der Waals surface area contributed by atoms with Crippen molar-refractivity contribution >= 4 is 44.8 Å². The molecule has 1 fully saturated rings.